The van der Waals surface area contributed by atoms with E-state index < -0.39 is 0 Å². The first-order chi connectivity index (χ1) is 7.22. The Morgan fingerprint density at radius 3 is 2.13 bits per heavy atom. The highest BCUT2D eigenvalue weighted by Crippen LogP contribution is 2.37. The molecular weight excluding hydrogens is 260 g/mol. The maximum Gasteiger partial charge on any atom is 0.200 e. The quantitative estimate of drug-likeness (QED) is 0.840. The molecule has 0 bridgehead atoms. The molecule has 1 aromatic carbocycles. The Hall–Kier alpha value is -0.900. The summed E-state index contributed by atoms with van der Waals surface area (Å²) in [7, 11) is 3.06. The second-order valence-corrected chi connectivity index (χ2v) is 3.93. The van der Waals surface area contributed by atoms with Crippen molar-refractivity contribution in [1.29, 1.82) is 0 Å². The molecular formula is C11H15BrO3. The highest BCUT2D eigenvalue weighted by molar-refractivity contribution is 9.09. The topological polar surface area (TPSA) is 38.7 Å². The maximum absolute atomic E-state index is 9.68. The fraction of sp³-hybridized carbons (Fsp3) is 0.455. The van der Waals surface area contributed by atoms with Crippen molar-refractivity contribution in [2.24, 2.45) is 0 Å². The van der Waals surface area contributed by atoms with Gasteiger partial charge in [0.25, 0.3) is 0 Å². The second kappa shape index (κ2) is 5.85. The minimum atomic E-state index is 0.0580. The number of hydrogen-bond acceptors (Lipinski definition) is 3. The molecule has 0 amide bonds. The number of rotatable bonds is 5. The number of aromatic hydroxyl groups is 1. The molecule has 0 radical (unpaired) electrons. The molecule has 0 spiro atoms. The Balaban J connectivity index is 2.98. The molecule has 15 heavy (non-hydrogen) atoms. The van der Waals surface area contributed by atoms with Gasteiger partial charge in [0, 0.05) is 5.33 Å². The van der Waals surface area contributed by atoms with Gasteiger partial charge in [-0.25, -0.2) is 0 Å². The van der Waals surface area contributed by atoms with Crippen LogP contribution in [-0.4, -0.2) is 24.7 Å². The van der Waals surface area contributed by atoms with Gasteiger partial charge in [-0.1, -0.05) is 15.9 Å². The van der Waals surface area contributed by atoms with Crippen molar-refractivity contribution in [2.45, 2.75) is 12.8 Å². The highest BCUT2D eigenvalue weighted by Gasteiger charge is 2.10. The van der Waals surface area contributed by atoms with Crippen LogP contribution in [0.5, 0.6) is 17.2 Å². The van der Waals surface area contributed by atoms with Crippen molar-refractivity contribution in [1.82, 2.24) is 0 Å². The van der Waals surface area contributed by atoms with E-state index in [1.54, 1.807) is 0 Å². The Bertz CT molecular complexity index is 301. The average Bonchev–Trinajstić information content (AvgIpc) is 2.27. The number of ether oxygens (including phenoxy) is 2. The predicted molar refractivity (Wildman–Crippen MR) is 63.3 cm³/mol. The summed E-state index contributed by atoms with van der Waals surface area (Å²) < 4.78 is 10.1. The first-order valence-electron chi connectivity index (χ1n) is 4.72. The summed E-state index contributed by atoms with van der Waals surface area (Å²) in [5, 5.41) is 10.6. The molecule has 4 heteroatoms. The van der Waals surface area contributed by atoms with Gasteiger partial charge in [0.1, 0.15) is 0 Å². The van der Waals surface area contributed by atoms with Crippen molar-refractivity contribution in [3.63, 3.8) is 0 Å². The highest BCUT2D eigenvalue weighted by atomic mass is 79.9. The standard InChI is InChI=1S/C11H15BrO3/c1-14-9-6-8(4-3-5-12)7-10(15-2)11(9)13/h6-7,13H,3-5H2,1-2H3. The van der Waals surface area contributed by atoms with E-state index >= 15 is 0 Å². The number of methoxy groups -OCH3 is 2. The van der Waals surface area contributed by atoms with Gasteiger partial charge in [-0.2, -0.15) is 0 Å². The molecule has 0 atom stereocenters. The van der Waals surface area contributed by atoms with Gasteiger partial charge in [0.15, 0.2) is 11.5 Å². The molecule has 0 saturated carbocycles. The smallest absolute Gasteiger partial charge is 0.200 e. The van der Waals surface area contributed by atoms with Crippen molar-refractivity contribution in [3.8, 4) is 17.2 Å². The fourth-order valence-electron chi connectivity index (χ4n) is 1.36. The van der Waals surface area contributed by atoms with E-state index in [0.717, 1.165) is 23.7 Å². The minimum absolute atomic E-state index is 0.0580. The van der Waals surface area contributed by atoms with Crippen molar-refractivity contribution in [2.75, 3.05) is 19.5 Å². The molecule has 0 aliphatic heterocycles. The van der Waals surface area contributed by atoms with Crippen LogP contribution in [0.25, 0.3) is 0 Å². The third-order valence-corrected chi connectivity index (χ3v) is 2.70. The lowest BCUT2D eigenvalue weighted by atomic mass is 10.1. The number of aryl methyl sites for hydroxylation is 1. The van der Waals surface area contributed by atoms with E-state index in [0.29, 0.717) is 11.5 Å². The zero-order valence-corrected chi connectivity index (χ0v) is 10.5. The van der Waals surface area contributed by atoms with E-state index in [1.807, 2.05) is 12.1 Å². The lowest BCUT2D eigenvalue weighted by Gasteiger charge is -2.10. The SMILES string of the molecule is COc1cc(CCCBr)cc(OC)c1O. The monoisotopic (exact) mass is 274 g/mol. The molecule has 3 nitrogen and oxygen atoms in total. The Morgan fingerprint density at radius 2 is 1.73 bits per heavy atom. The van der Waals surface area contributed by atoms with Crippen LogP contribution < -0.4 is 9.47 Å². The second-order valence-electron chi connectivity index (χ2n) is 3.14. The Labute approximate surface area is 98.1 Å². The Kier molecular flexibility index (Phi) is 4.75. The van der Waals surface area contributed by atoms with Gasteiger partial charge in [-0.3, -0.25) is 0 Å². The van der Waals surface area contributed by atoms with Gasteiger partial charge in [0.2, 0.25) is 5.75 Å². The fourth-order valence-corrected chi connectivity index (χ4v) is 1.64. The first-order valence-corrected chi connectivity index (χ1v) is 5.85. The average molecular weight is 275 g/mol. The zero-order chi connectivity index (χ0) is 11.3. The summed E-state index contributed by atoms with van der Waals surface area (Å²) in [5.74, 6) is 0.973. The summed E-state index contributed by atoms with van der Waals surface area (Å²) in [5.41, 5.74) is 1.10. The van der Waals surface area contributed by atoms with E-state index in [9.17, 15) is 5.11 Å². The summed E-state index contributed by atoms with van der Waals surface area (Å²) in [4.78, 5) is 0. The maximum atomic E-state index is 9.68. The van der Waals surface area contributed by atoms with Gasteiger partial charge in [0.05, 0.1) is 14.2 Å². The summed E-state index contributed by atoms with van der Waals surface area (Å²) >= 11 is 3.38. The third kappa shape index (κ3) is 3.02. The van der Waals surface area contributed by atoms with Crippen molar-refractivity contribution < 1.29 is 14.6 Å². The molecule has 1 N–H and O–H groups in total. The van der Waals surface area contributed by atoms with Crippen LogP contribution in [0.3, 0.4) is 0 Å². The largest absolute Gasteiger partial charge is 0.502 e. The molecule has 1 aromatic rings. The molecule has 0 aliphatic rings. The van der Waals surface area contributed by atoms with Crippen LogP contribution in [0.4, 0.5) is 0 Å². The van der Waals surface area contributed by atoms with E-state index in [2.05, 4.69) is 15.9 Å². The lowest BCUT2D eigenvalue weighted by molar-refractivity contribution is 0.339. The molecule has 0 heterocycles. The molecule has 84 valence electrons. The van der Waals surface area contributed by atoms with Crippen LogP contribution in [0.15, 0.2) is 12.1 Å². The zero-order valence-electron chi connectivity index (χ0n) is 8.92. The third-order valence-electron chi connectivity index (χ3n) is 2.14. The minimum Gasteiger partial charge on any atom is -0.502 e. The van der Waals surface area contributed by atoms with Crippen LogP contribution in [0.2, 0.25) is 0 Å². The van der Waals surface area contributed by atoms with Gasteiger partial charge in [-0.05, 0) is 30.5 Å². The molecule has 1 rings (SSSR count). The van der Waals surface area contributed by atoms with Crippen molar-refractivity contribution in [3.05, 3.63) is 17.7 Å². The molecule has 0 unspecified atom stereocenters. The number of hydrogen-bond donors (Lipinski definition) is 1. The molecule has 0 aromatic heterocycles. The van der Waals surface area contributed by atoms with Gasteiger partial charge < -0.3 is 14.6 Å². The van der Waals surface area contributed by atoms with Crippen LogP contribution in [-0.2, 0) is 6.42 Å². The predicted octanol–water partition coefficient (Wildman–Crippen LogP) is 2.74. The summed E-state index contributed by atoms with van der Waals surface area (Å²) in [6, 6.07) is 3.67. The van der Waals surface area contributed by atoms with Gasteiger partial charge >= 0.3 is 0 Å². The number of benzene rings is 1. The first kappa shape index (κ1) is 12.2. The number of alkyl halides is 1. The van der Waals surface area contributed by atoms with Crippen LogP contribution >= 0.6 is 15.9 Å². The van der Waals surface area contributed by atoms with E-state index in [-0.39, 0.29) is 5.75 Å². The molecule has 0 aliphatic carbocycles. The van der Waals surface area contributed by atoms with Crippen LogP contribution in [0.1, 0.15) is 12.0 Å². The normalized spacial score (nSPS) is 10.1. The summed E-state index contributed by atoms with van der Waals surface area (Å²) in [6.07, 6.45) is 1.97. The van der Waals surface area contributed by atoms with E-state index in [1.165, 1.54) is 14.2 Å². The lowest BCUT2D eigenvalue weighted by Crippen LogP contribution is -1.93. The van der Waals surface area contributed by atoms with E-state index in [4.69, 9.17) is 9.47 Å². The van der Waals surface area contributed by atoms with Crippen LogP contribution in [0, 0.1) is 0 Å². The molecule has 0 saturated heterocycles. The van der Waals surface area contributed by atoms with Crippen molar-refractivity contribution >= 4 is 15.9 Å². The summed E-state index contributed by atoms with van der Waals surface area (Å²) in [6.45, 7) is 0. The number of halogens is 1. The Morgan fingerprint density at radius 1 is 1.20 bits per heavy atom. The van der Waals surface area contributed by atoms with Gasteiger partial charge in [-0.15, -0.1) is 0 Å². The molecule has 0 fully saturated rings. The number of phenols is 1. The number of phenolic OH excluding ortho intramolecular Hbond substituents is 1.